The Morgan fingerprint density at radius 3 is 2.37 bits per heavy atom. The summed E-state index contributed by atoms with van der Waals surface area (Å²) in [6.07, 6.45) is 0. The molecule has 5 heteroatoms. The first kappa shape index (κ1) is 18.5. The van der Waals surface area contributed by atoms with Crippen molar-refractivity contribution in [1.29, 1.82) is 0 Å². The van der Waals surface area contributed by atoms with E-state index in [1.165, 1.54) is 4.90 Å². The van der Waals surface area contributed by atoms with Crippen molar-refractivity contribution in [3.8, 4) is 0 Å². The smallest absolute Gasteiger partial charge is 0.321 e. The van der Waals surface area contributed by atoms with E-state index >= 15 is 0 Å². The molecule has 0 fully saturated rings. The molecule has 0 unspecified atom stereocenters. The minimum Gasteiger partial charge on any atom is -0.345 e. The summed E-state index contributed by atoms with van der Waals surface area (Å²) in [6, 6.07) is 20.9. The number of carbonyl (C=O) groups is 2. The van der Waals surface area contributed by atoms with Gasteiger partial charge in [-0.2, -0.15) is 0 Å². The lowest BCUT2D eigenvalue weighted by molar-refractivity contribution is 0.0827. The van der Waals surface area contributed by atoms with Crippen molar-refractivity contribution in [2.75, 3.05) is 26.5 Å². The van der Waals surface area contributed by atoms with Gasteiger partial charge in [-0.25, -0.2) is 4.79 Å². The van der Waals surface area contributed by atoms with Gasteiger partial charge in [0.05, 0.1) is 0 Å². The van der Waals surface area contributed by atoms with E-state index < -0.39 is 0 Å². The van der Waals surface area contributed by atoms with Gasteiger partial charge in [-0.05, 0) is 34.5 Å². The van der Waals surface area contributed by atoms with E-state index in [9.17, 15) is 9.59 Å². The molecule has 0 heterocycles. The molecule has 1 N–H and O–H groups in total. The van der Waals surface area contributed by atoms with E-state index in [-0.39, 0.29) is 11.9 Å². The maximum Gasteiger partial charge on any atom is 0.321 e. The van der Waals surface area contributed by atoms with Gasteiger partial charge in [-0.15, -0.1) is 0 Å². The van der Waals surface area contributed by atoms with E-state index in [4.69, 9.17) is 0 Å². The largest absolute Gasteiger partial charge is 0.345 e. The standard InChI is InChI=1S/C22H23N3O2/c1-24(2)21(26)17-10-7-12-19(14-17)23-22(27)25(3)15-18-11-6-9-16-8-4-5-13-20(16)18/h4-14H,15H2,1-3H3,(H,23,27). The summed E-state index contributed by atoms with van der Waals surface area (Å²) >= 11 is 0. The Bertz CT molecular complexity index is 977. The third kappa shape index (κ3) is 4.26. The van der Waals surface area contributed by atoms with Crippen LogP contribution in [-0.4, -0.2) is 42.9 Å². The zero-order valence-electron chi connectivity index (χ0n) is 15.8. The molecular weight excluding hydrogens is 338 g/mol. The van der Waals surface area contributed by atoms with Gasteiger partial charge in [0.25, 0.3) is 5.91 Å². The van der Waals surface area contributed by atoms with Crippen molar-refractivity contribution in [3.05, 3.63) is 77.9 Å². The second kappa shape index (κ2) is 7.91. The summed E-state index contributed by atoms with van der Waals surface area (Å²) in [6.45, 7) is 0.490. The lowest BCUT2D eigenvalue weighted by atomic mass is 10.0. The van der Waals surface area contributed by atoms with Gasteiger partial charge in [0, 0.05) is 38.9 Å². The van der Waals surface area contributed by atoms with E-state index in [0.29, 0.717) is 17.8 Å². The van der Waals surface area contributed by atoms with E-state index in [1.807, 2.05) is 24.3 Å². The summed E-state index contributed by atoms with van der Waals surface area (Å²) in [7, 11) is 5.16. The molecular formula is C22H23N3O2. The van der Waals surface area contributed by atoms with Crippen LogP contribution in [0.5, 0.6) is 0 Å². The van der Waals surface area contributed by atoms with Crippen molar-refractivity contribution in [1.82, 2.24) is 9.80 Å². The lowest BCUT2D eigenvalue weighted by Gasteiger charge is -2.19. The van der Waals surface area contributed by atoms with Crippen LogP contribution in [0.2, 0.25) is 0 Å². The summed E-state index contributed by atoms with van der Waals surface area (Å²) in [4.78, 5) is 27.8. The highest BCUT2D eigenvalue weighted by Crippen LogP contribution is 2.20. The Kier molecular flexibility index (Phi) is 5.41. The SMILES string of the molecule is CN(C)C(=O)c1cccc(NC(=O)N(C)Cc2cccc3ccccc23)c1. The average molecular weight is 361 g/mol. The Morgan fingerprint density at radius 2 is 1.59 bits per heavy atom. The third-order valence-corrected chi connectivity index (χ3v) is 4.40. The molecule has 0 atom stereocenters. The normalized spacial score (nSPS) is 10.5. The van der Waals surface area contributed by atoms with E-state index in [1.54, 1.807) is 50.3 Å². The highest BCUT2D eigenvalue weighted by Gasteiger charge is 2.13. The van der Waals surface area contributed by atoms with Crippen LogP contribution in [0.3, 0.4) is 0 Å². The van der Waals surface area contributed by atoms with Gasteiger partial charge >= 0.3 is 6.03 Å². The van der Waals surface area contributed by atoms with Crippen molar-refractivity contribution in [3.63, 3.8) is 0 Å². The molecule has 0 aromatic heterocycles. The zero-order valence-corrected chi connectivity index (χ0v) is 15.8. The lowest BCUT2D eigenvalue weighted by Crippen LogP contribution is -2.31. The highest BCUT2D eigenvalue weighted by molar-refractivity contribution is 5.96. The van der Waals surface area contributed by atoms with Crippen LogP contribution < -0.4 is 5.32 Å². The van der Waals surface area contributed by atoms with Crippen LogP contribution in [0.4, 0.5) is 10.5 Å². The molecule has 27 heavy (non-hydrogen) atoms. The number of urea groups is 1. The molecule has 0 saturated heterocycles. The first-order valence-electron chi connectivity index (χ1n) is 8.76. The van der Waals surface area contributed by atoms with Crippen LogP contribution in [0.15, 0.2) is 66.7 Å². The summed E-state index contributed by atoms with van der Waals surface area (Å²) < 4.78 is 0. The number of nitrogens with zero attached hydrogens (tertiary/aromatic N) is 2. The summed E-state index contributed by atoms with van der Waals surface area (Å²) in [5, 5.41) is 5.15. The molecule has 0 aliphatic heterocycles. The monoisotopic (exact) mass is 361 g/mol. The molecule has 0 bridgehead atoms. The van der Waals surface area contributed by atoms with Gasteiger partial charge in [0.15, 0.2) is 0 Å². The fourth-order valence-corrected chi connectivity index (χ4v) is 2.96. The number of nitrogens with one attached hydrogen (secondary N) is 1. The van der Waals surface area contributed by atoms with Gasteiger partial charge < -0.3 is 15.1 Å². The minimum absolute atomic E-state index is 0.102. The number of carbonyl (C=O) groups excluding carboxylic acids is 2. The minimum atomic E-state index is -0.225. The molecule has 3 aromatic rings. The molecule has 0 saturated carbocycles. The molecule has 3 aromatic carbocycles. The Hall–Kier alpha value is -3.34. The zero-order chi connectivity index (χ0) is 19.4. The number of benzene rings is 3. The first-order valence-corrected chi connectivity index (χ1v) is 8.76. The van der Waals surface area contributed by atoms with E-state index in [2.05, 4.69) is 23.5 Å². The maximum atomic E-state index is 12.6. The van der Waals surface area contributed by atoms with Crippen LogP contribution in [0, 0.1) is 0 Å². The predicted molar refractivity (Wildman–Crippen MR) is 109 cm³/mol. The summed E-state index contributed by atoms with van der Waals surface area (Å²) in [5.74, 6) is -0.102. The topological polar surface area (TPSA) is 52.7 Å². The van der Waals surface area contributed by atoms with Gasteiger partial charge in [-0.3, -0.25) is 4.79 Å². The predicted octanol–water partition coefficient (Wildman–Crippen LogP) is 4.21. The number of anilines is 1. The molecule has 0 aliphatic rings. The second-order valence-corrected chi connectivity index (χ2v) is 6.70. The highest BCUT2D eigenvalue weighted by atomic mass is 16.2. The van der Waals surface area contributed by atoms with Crippen LogP contribution in [0.1, 0.15) is 15.9 Å². The fraction of sp³-hybridized carbons (Fsp3) is 0.182. The van der Waals surface area contributed by atoms with Crippen molar-refractivity contribution >= 4 is 28.4 Å². The molecule has 0 aliphatic carbocycles. The summed E-state index contributed by atoms with van der Waals surface area (Å²) in [5.41, 5.74) is 2.22. The van der Waals surface area contributed by atoms with Gasteiger partial charge in [-0.1, -0.05) is 48.5 Å². The first-order chi connectivity index (χ1) is 13.0. The fourth-order valence-electron chi connectivity index (χ4n) is 2.96. The van der Waals surface area contributed by atoms with Crippen molar-refractivity contribution < 1.29 is 9.59 Å². The molecule has 5 nitrogen and oxygen atoms in total. The number of fused-ring (bicyclic) bond motifs is 1. The number of rotatable bonds is 4. The molecule has 0 spiro atoms. The number of hydrogen-bond acceptors (Lipinski definition) is 2. The Morgan fingerprint density at radius 1 is 0.889 bits per heavy atom. The second-order valence-electron chi connectivity index (χ2n) is 6.70. The van der Waals surface area contributed by atoms with Crippen LogP contribution >= 0.6 is 0 Å². The number of hydrogen-bond donors (Lipinski definition) is 1. The molecule has 3 rings (SSSR count). The van der Waals surface area contributed by atoms with E-state index in [0.717, 1.165) is 16.3 Å². The van der Waals surface area contributed by atoms with Crippen molar-refractivity contribution in [2.45, 2.75) is 6.54 Å². The van der Waals surface area contributed by atoms with Gasteiger partial charge in [0.1, 0.15) is 0 Å². The van der Waals surface area contributed by atoms with Crippen molar-refractivity contribution in [2.24, 2.45) is 0 Å². The van der Waals surface area contributed by atoms with Crippen LogP contribution in [0.25, 0.3) is 10.8 Å². The maximum absolute atomic E-state index is 12.6. The van der Waals surface area contributed by atoms with Crippen LogP contribution in [-0.2, 0) is 6.54 Å². The average Bonchev–Trinajstić information content (AvgIpc) is 2.67. The molecule has 138 valence electrons. The molecule has 0 radical (unpaired) electrons. The van der Waals surface area contributed by atoms with Gasteiger partial charge in [0.2, 0.25) is 0 Å². The Labute approximate surface area is 159 Å². The third-order valence-electron chi connectivity index (χ3n) is 4.40. The molecule has 3 amide bonds. The Balaban J connectivity index is 1.73. The number of amides is 3. The quantitative estimate of drug-likeness (QED) is 0.757.